The zero-order valence-electron chi connectivity index (χ0n) is 10.8. The van der Waals surface area contributed by atoms with E-state index in [4.69, 9.17) is 5.11 Å². The standard InChI is InChI=1S/C13H16F2N2O2/c1-17(2)12-5-10(15)9(14)4-8(12)11-3-7(6-16-11)13(18)19/h4-5,7,11,16H,3,6H2,1-2H3,(H,18,19). The van der Waals surface area contributed by atoms with E-state index in [1.54, 1.807) is 19.0 Å². The summed E-state index contributed by atoms with van der Waals surface area (Å²) in [5, 5.41) is 12.0. The lowest BCUT2D eigenvalue weighted by Crippen LogP contribution is -2.19. The number of rotatable bonds is 3. The van der Waals surface area contributed by atoms with Crippen LogP contribution in [0.5, 0.6) is 0 Å². The van der Waals surface area contributed by atoms with E-state index in [9.17, 15) is 13.6 Å². The van der Waals surface area contributed by atoms with Gasteiger partial charge in [0.05, 0.1) is 5.92 Å². The fourth-order valence-electron chi connectivity index (χ4n) is 2.38. The molecule has 0 bridgehead atoms. The number of carbonyl (C=O) groups is 1. The van der Waals surface area contributed by atoms with Gasteiger partial charge in [-0.25, -0.2) is 8.78 Å². The van der Waals surface area contributed by atoms with Crippen molar-refractivity contribution in [2.24, 2.45) is 5.92 Å². The number of hydrogen-bond donors (Lipinski definition) is 2. The van der Waals surface area contributed by atoms with Crippen molar-refractivity contribution in [3.63, 3.8) is 0 Å². The van der Waals surface area contributed by atoms with Gasteiger partial charge in [-0.3, -0.25) is 4.79 Å². The first-order chi connectivity index (χ1) is 8.90. The fourth-order valence-corrected chi connectivity index (χ4v) is 2.38. The molecule has 1 aliphatic rings. The predicted octanol–water partition coefficient (Wildman–Crippen LogP) is 1.77. The molecule has 0 aliphatic carbocycles. The number of carboxylic acids is 1. The molecule has 6 heteroatoms. The van der Waals surface area contributed by atoms with Gasteiger partial charge in [-0.2, -0.15) is 0 Å². The van der Waals surface area contributed by atoms with Crippen molar-refractivity contribution in [2.75, 3.05) is 25.5 Å². The van der Waals surface area contributed by atoms with Crippen LogP contribution in [0.3, 0.4) is 0 Å². The van der Waals surface area contributed by atoms with Gasteiger partial charge in [-0.15, -0.1) is 0 Å². The minimum atomic E-state index is -0.916. The van der Waals surface area contributed by atoms with Crippen LogP contribution in [0.25, 0.3) is 0 Å². The van der Waals surface area contributed by atoms with Gasteiger partial charge in [-0.1, -0.05) is 0 Å². The molecule has 2 atom stereocenters. The molecule has 1 aromatic rings. The number of halogens is 2. The van der Waals surface area contributed by atoms with Gasteiger partial charge in [-0.05, 0) is 18.1 Å². The fraction of sp³-hybridized carbons (Fsp3) is 0.462. The zero-order valence-corrected chi connectivity index (χ0v) is 10.8. The second-order valence-electron chi connectivity index (χ2n) is 4.95. The van der Waals surface area contributed by atoms with Crippen molar-refractivity contribution < 1.29 is 18.7 Å². The molecular formula is C13H16F2N2O2. The highest BCUT2D eigenvalue weighted by Crippen LogP contribution is 2.34. The highest BCUT2D eigenvalue weighted by molar-refractivity contribution is 5.71. The SMILES string of the molecule is CN(C)c1cc(F)c(F)cc1C1CC(C(=O)O)CN1. The molecule has 0 radical (unpaired) electrons. The predicted molar refractivity (Wildman–Crippen MR) is 67.2 cm³/mol. The first-order valence-electron chi connectivity index (χ1n) is 6.02. The van der Waals surface area contributed by atoms with E-state index in [1.807, 2.05) is 0 Å². The third kappa shape index (κ3) is 2.68. The molecule has 0 saturated carbocycles. The van der Waals surface area contributed by atoms with E-state index in [1.165, 1.54) is 0 Å². The monoisotopic (exact) mass is 270 g/mol. The first-order valence-corrected chi connectivity index (χ1v) is 6.02. The van der Waals surface area contributed by atoms with Crippen LogP contribution in [0.4, 0.5) is 14.5 Å². The number of aliphatic carboxylic acids is 1. The van der Waals surface area contributed by atoms with E-state index in [0.29, 0.717) is 24.2 Å². The van der Waals surface area contributed by atoms with Gasteiger partial charge in [0, 0.05) is 38.4 Å². The minimum Gasteiger partial charge on any atom is -0.481 e. The summed E-state index contributed by atoms with van der Waals surface area (Å²) in [6.07, 6.45) is 0.376. The van der Waals surface area contributed by atoms with E-state index < -0.39 is 23.5 Å². The van der Waals surface area contributed by atoms with Crippen LogP contribution in [0.1, 0.15) is 18.0 Å². The second kappa shape index (κ2) is 5.13. The van der Waals surface area contributed by atoms with Crippen LogP contribution in [0.2, 0.25) is 0 Å². The summed E-state index contributed by atoms with van der Waals surface area (Å²) in [4.78, 5) is 12.6. The summed E-state index contributed by atoms with van der Waals surface area (Å²) in [6, 6.07) is 2.01. The smallest absolute Gasteiger partial charge is 0.307 e. The number of nitrogens with one attached hydrogen (secondary N) is 1. The van der Waals surface area contributed by atoms with Crippen LogP contribution in [-0.2, 0) is 4.79 Å². The Bertz CT molecular complexity index is 506. The molecule has 104 valence electrons. The Balaban J connectivity index is 2.34. The molecule has 1 saturated heterocycles. The van der Waals surface area contributed by atoms with Crippen molar-refractivity contribution in [3.8, 4) is 0 Å². The van der Waals surface area contributed by atoms with Crippen molar-refractivity contribution >= 4 is 11.7 Å². The van der Waals surface area contributed by atoms with E-state index >= 15 is 0 Å². The van der Waals surface area contributed by atoms with Gasteiger partial charge in [0.25, 0.3) is 0 Å². The highest BCUT2D eigenvalue weighted by Gasteiger charge is 2.32. The topological polar surface area (TPSA) is 52.6 Å². The number of anilines is 1. The molecule has 4 nitrogen and oxygen atoms in total. The summed E-state index contributed by atoms with van der Waals surface area (Å²) in [5.74, 6) is -3.18. The van der Waals surface area contributed by atoms with Crippen molar-refractivity contribution in [1.29, 1.82) is 0 Å². The first kappa shape index (κ1) is 13.7. The molecule has 0 aromatic heterocycles. The largest absolute Gasteiger partial charge is 0.481 e. The summed E-state index contributed by atoms with van der Waals surface area (Å²) in [5.41, 5.74) is 1.15. The third-order valence-electron chi connectivity index (χ3n) is 3.41. The summed E-state index contributed by atoms with van der Waals surface area (Å²) < 4.78 is 26.7. The number of benzene rings is 1. The Kier molecular flexibility index (Phi) is 3.71. The molecule has 2 unspecified atom stereocenters. The number of carboxylic acid groups (broad SMARTS) is 1. The normalized spacial score (nSPS) is 22.5. The third-order valence-corrected chi connectivity index (χ3v) is 3.41. The van der Waals surface area contributed by atoms with E-state index in [-0.39, 0.29) is 6.04 Å². The molecule has 1 heterocycles. The Labute approximate surface area is 110 Å². The lowest BCUT2D eigenvalue weighted by molar-refractivity contribution is -0.141. The Hall–Kier alpha value is -1.69. The average molecular weight is 270 g/mol. The molecule has 0 amide bonds. The molecule has 0 spiro atoms. The maximum absolute atomic E-state index is 13.4. The molecular weight excluding hydrogens is 254 g/mol. The van der Waals surface area contributed by atoms with Gasteiger partial charge >= 0.3 is 5.97 Å². The summed E-state index contributed by atoms with van der Waals surface area (Å²) >= 11 is 0. The maximum Gasteiger partial charge on any atom is 0.307 e. The van der Waals surface area contributed by atoms with Gasteiger partial charge in [0.2, 0.25) is 0 Å². The van der Waals surface area contributed by atoms with Crippen molar-refractivity contribution in [2.45, 2.75) is 12.5 Å². The molecule has 1 aliphatic heterocycles. The zero-order chi connectivity index (χ0) is 14.2. The minimum absolute atomic E-state index is 0.270. The molecule has 1 aromatic carbocycles. The molecule has 1 fully saturated rings. The van der Waals surface area contributed by atoms with Crippen LogP contribution < -0.4 is 10.2 Å². The highest BCUT2D eigenvalue weighted by atomic mass is 19.2. The average Bonchev–Trinajstić information content (AvgIpc) is 2.81. The Morgan fingerprint density at radius 1 is 1.37 bits per heavy atom. The van der Waals surface area contributed by atoms with Crippen molar-refractivity contribution in [1.82, 2.24) is 5.32 Å². The van der Waals surface area contributed by atoms with Gasteiger partial charge in [0.1, 0.15) is 0 Å². The summed E-state index contributed by atoms with van der Waals surface area (Å²) in [6.45, 7) is 0.339. The summed E-state index contributed by atoms with van der Waals surface area (Å²) in [7, 11) is 3.47. The van der Waals surface area contributed by atoms with Crippen LogP contribution in [-0.4, -0.2) is 31.7 Å². The lowest BCUT2D eigenvalue weighted by Gasteiger charge is -2.21. The number of nitrogens with zero attached hydrogens (tertiary/aromatic N) is 1. The van der Waals surface area contributed by atoms with Crippen molar-refractivity contribution in [3.05, 3.63) is 29.3 Å². The molecule has 19 heavy (non-hydrogen) atoms. The van der Waals surface area contributed by atoms with Crippen LogP contribution in [0.15, 0.2) is 12.1 Å². The van der Waals surface area contributed by atoms with Crippen LogP contribution in [0, 0.1) is 17.6 Å². The van der Waals surface area contributed by atoms with E-state index in [0.717, 1.165) is 12.1 Å². The lowest BCUT2D eigenvalue weighted by atomic mass is 9.98. The van der Waals surface area contributed by atoms with Gasteiger partial charge in [0.15, 0.2) is 11.6 Å². The Morgan fingerprint density at radius 3 is 2.53 bits per heavy atom. The quantitative estimate of drug-likeness (QED) is 0.879. The molecule has 2 rings (SSSR count). The van der Waals surface area contributed by atoms with Crippen LogP contribution >= 0.6 is 0 Å². The van der Waals surface area contributed by atoms with E-state index in [2.05, 4.69) is 5.32 Å². The number of hydrogen-bond acceptors (Lipinski definition) is 3. The maximum atomic E-state index is 13.4. The molecule has 2 N–H and O–H groups in total. The Morgan fingerprint density at radius 2 is 2.00 bits per heavy atom. The van der Waals surface area contributed by atoms with Gasteiger partial charge < -0.3 is 15.3 Å². The second-order valence-corrected chi connectivity index (χ2v) is 4.95.